The van der Waals surface area contributed by atoms with Gasteiger partial charge >= 0.3 is 0 Å². The molecule has 1 fully saturated rings. The number of hydrogen-bond donors (Lipinski definition) is 3. The zero-order valence-corrected chi connectivity index (χ0v) is 16.0. The summed E-state index contributed by atoms with van der Waals surface area (Å²) in [6.07, 6.45) is 9.03. The van der Waals surface area contributed by atoms with E-state index in [1.54, 1.807) is 19.9 Å². The van der Waals surface area contributed by atoms with E-state index in [0.29, 0.717) is 0 Å². The molecule has 1 aliphatic heterocycles. The molecule has 1 saturated heterocycles. The van der Waals surface area contributed by atoms with Crippen LogP contribution in [0.3, 0.4) is 0 Å². The number of aliphatic hydroxyl groups is 3. The molecule has 0 aromatic rings. The van der Waals surface area contributed by atoms with E-state index >= 15 is 0 Å². The van der Waals surface area contributed by atoms with Crippen molar-refractivity contribution in [3.63, 3.8) is 0 Å². The predicted molar refractivity (Wildman–Crippen MR) is 98.2 cm³/mol. The Labute approximate surface area is 151 Å². The maximum absolute atomic E-state index is 12.0. The number of carbonyl (C=O) groups is 1. The lowest BCUT2D eigenvalue weighted by Gasteiger charge is -2.12. The number of epoxide rings is 1. The Balaban J connectivity index is 2.29. The van der Waals surface area contributed by atoms with Gasteiger partial charge in [0, 0.05) is 5.92 Å². The Morgan fingerprint density at radius 1 is 1.36 bits per heavy atom. The molecule has 0 unspecified atom stereocenters. The maximum Gasteiger partial charge on any atom is 0.158 e. The van der Waals surface area contributed by atoms with Gasteiger partial charge in [0.2, 0.25) is 0 Å². The van der Waals surface area contributed by atoms with Gasteiger partial charge < -0.3 is 20.1 Å². The lowest BCUT2D eigenvalue weighted by Crippen LogP contribution is -2.16. The van der Waals surface area contributed by atoms with E-state index in [-0.39, 0.29) is 36.6 Å². The first kappa shape index (κ1) is 22.0. The van der Waals surface area contributed by atoms with E-state index in [1.807, 2.05) is 6.92 Å². The van der Waals surface area contributed by atoms with E-state index in [4.69, 9.17) is 9.84 Å². The van der Waals surface area contributed by atoms with Crippen molar-refractivity contribution in [2.45, 2.75) is 77.1 Å². The summed E-state index contributed by atoms with van der Waals surface area (Å²) in [5.41, 5.74) is -0.250. The lowest BCUT2D eigenvalue weighted by molar-refractivity contribution is -0.118. The van der Waals surface area contributed by atoms with Crippen LogP contribution in [0.1, 0.15) is 59.8 Å². The number of allylic oxidation sites excluding steroid dienone is 1. The van der Waals surface area contributed by atoms with Crippen molar-refractivity contribution in [3.8, 4) is 0 Å². The van der Waals surface area contributed by atoms with E-state index in [1.165, 1.54) is 12.2 Å². The molecule has 3 atom stereocenters. The summed E-state index contributed by atoms with van der Waals surface area (Å²) in [6.45, 7) is 7.22. The highest BCUT2D eigenvalue weighted by Gasteiger charge is 2.50. The van der Waals surface area contributed by atoms with Crippen molar-refractivity contribution in [1.29, 1.82) is 0 Å². The third-order valence-corrected chi connectivity index (χ3v) is 4.80. The highest BCUT2D eigenvalue weighted by Crippen LogP contribution is 2.43. The average Bonchev–Trinajstić information content (AvgIpc) is 3.18. The molecule has 3 N–H and O–H groups in total. The maximum atomic E-state index is 12.0. The Kier molecular flexibility index (Phi) is 8.48. The summed E-state index contributed by atoms with van der Waals surface area (Å²) in [4.78, 5) is 12.0. The molecule has 5 nitrogen and oxygen atoms in total. The van der Waals surface area contributed by atoms with E-state index in [2.05, 4.69) is 6.92 Å². The lowest BCUT2D eigenvalue weighted by atomic mass is 9.92. The molecule has 0 amide bonds. The van der Waals surface area contributed by atoms with Crippen molar-refractivity contribution in [2.24, 2.45) is 5.92 Å². The largest absolute Gasteiger partial charge is 0.392 e. The van der Waals surface area contributed by atoms with Crippen LogP contribution in [0.15, 0.2) is 23.8 Å². The number of aliphatic hydroxyl groups excluding tert-OH is 2. The fourth-order valence-electron chi connectivity index (χ4n) is 2.92. The number of ether oxygens (including phenoxy) is 1. The molecule has 0 bridgehead atoms. The van der Waals surface area contributed by atoms with E-state index in [9.17, 15) is 15.0 Å². The molecule has 25 heavy (non-hydrogen) atoms. The van der Waals surface area contributed by atoms with Crippen molar-refractivity contribution < 1.29 is 24.9 Å². The highest BCUT2D eigenvalue weighted by molar-refractivity contribution is 5.91. The molecule has 1 heterocycles. The van der Waals surface area contributed by atoms with Gasteiger partial charge in [0.05, 0.1) is 30.5 Å². The quantitative estimate of drug-likeness (QED) is 0.285. The molecule has 0 saturated carbocycles. The molecule has 144 valence electrons. The van der Waals surface area contributed by atoms with Crippen LogP contribution in [0.4, 0.5) is 0 Å². The standard InChI is InChI=1S/C20H34O5/c1-15(17(23)9-12-19(2,3)24)6-5-11-20(4)18(25-20)8-7-16(14-22)10-13-21/h9-10,12,15,18,21-22,24H,5-8,11,13-14H2,1-4H3/b12-9+,16-10+/t15-,18+,20-/m0/s1. The number of hydrogen-bond acceptors (Lipinski definition) is 5. The van der Waals surface area contributed by atoms with Crippen LogP contribution in [-0.4, -0.2) is 51.6 Å². The van der Waals surface area contributed by atoms with Crippen LogP contribution in [0.5, 0.6) is 0 Å². The van der Waals surface area contributed by atoms with Crippen molar-refractivity contribution >= 4 is 5.78 Å². The second-order valence-corrected chi connectivity index (χ2v) is 7.84. The minimum absolute atomic E-state index is 0.0260. The molecule has 0 radical (unpaired) electrons. The third-order valence-electron chi connectivity index (χ3n) is 4.80. The fourth-order valence-corrected chi connectivity index (χ4v) is 2.92. The van der Waals surface area contributed by atoms with Gasteiger partial charge in [-0.3, -0.25) is 4.79 Å². The van der Waals surface area contributed by atoms with Gasteiger partial charge in [-0.25, -0.2) is 0 Å². The van der Waals surface area contributed by atoms with Crippen LogP contribution in [0, 0.1) is 5.92 Å². The second kappa shape index (κ2) is 9.62. The molecule has 0 aromatic carbocycles. The van der Waals surface area contributed by atoms with Gasteiger partial charge in [-0.2, -0.15) is 0 Å². The minimum atomic E-state index is -0.962. The smallest absolute Gasteiger partial charge is 0.158 e. The highest BCUT2D eigenvalue weighted by atomic mass is 16.6. The number of carbonyl (C=O) groups excluding carboxylic acids is 1. The van der Waals surface area contributed by atoms with Gasteiger partial charge in [0.25, 0.3) is 0 Å². The first-order chi connectivity index (χ1) is 11.6. The number of rotatable bonds is 12. The normalized spacial score (nSPS) is 25.4. The molecule has 0 spiro atoms. The summed E-state index contributed by atoms with van der Waals surface area (Å²) in [5, 5.41) is 27.7. The Morgan fingerprint density at radius 2 is 2.04 bits per heavy atom. The summed E-state index contributed by atoms with van der Waals surface area (Å²) >= 11 is 0. The fraction of sp³-hybridized carbons (Fsp3) is 0.750. The van der Waals surface area contributed by atoms with Crippen LogP contribution in [0.25, 0.3) is 0 Å². The van der Waals surface area contributed by atoms with Crippen LogP contribution < -0.4 is 0 Å². The first-order valence-electron chi connectivity index (χ1n) is 9.14. The van der Waals surface area contributed by atoms with Gasteiger partial charge in [0.15, 0.2) is 5.78 Å². The Bertz CT molecular complexity index is 489. The number of ketones is 1. The molecular weight excluding hydrogens is 320 g/mol. The summed E-state index contributed by atoms with van der Waals surface area (Å²) in [7, 11) is 0. The first-order valence-corrected chi connectivity index (χ1v) is 9.14. The van der Waals surface area contributed by atoms with Gasteiger partial charge in [-0.05, 0) is 64.5 Å². The van der Waals surface area contributed by atoms with Crippen molar-refractivity contribution in [3.05, 3.63) is 23.8 Å². The van der Waals surface area contributed by atoms with Crippen LogP contribution in [-0.2, 0) is 9.53 Å². The van der Waals surface area contributed by atoms with Crippen molar-refractivity contribution in [2.75, 3.05) is 13.2 Å². The van der Waals surface area contributed by atoms with E-state index < -0.39 is 5.60 Å². The van der Waals surface area contributed by atoms with Gasteiger partial charge in [0.1, 0.15) is 0 Å². The van der Waals surface area contributed by atoms with Gasteiger partial charge in [-0.1, -0.05) is 19.1 Å². The van der Waals surface area contributed by atoms with Crippen LogP contribution >= 0.6 is 0 Å². The topological polar surface area (TPSA) is 90.3 Å². The predicted octanol–water partition coefficient (Wildman–Crippen LogP) is 2.54. The van der Waals surface area contributed by atoms with Crippen LogP contribution in [0.2, 0.25) is 0 Å². The summed E-state index contributed by atoms with van der Waals surface area (Å²) < 4.78 is 5.81. The zero-order chi connectivity index (χ0) is 19.1. The molecule has 1 aliphatic rings. The van der Waals surface area contributed by atoms with Gasteiger partial charge in [-0.15, -0.1) is 0 Å². The molecule has 0 aliphatic carbocycles. The zero-order valence-electron chi connectivity index (χ0n) is 16.0. The molecule has 0 aromatic heterocycles. The molecule has 5 heteroatoms. The van der Waals surface area contributed by atoms with E-state index in [0.717, 1.165) is 37.7 Å². The SMILES string of the molecule is C[C@@H](CCC[C@]1(C)O[C@@H]1CC/C(=C\CO)CO)C(=O)/C=C/C(C)(C)O. The average molecular weight is 354 g/mol. The van der Waals surface area contributed by atoms with Crippen molar-refractivity contribution in [1.82, 2.24) is 0 Å². The summed E-state index contributed by atoms with van der Waals surface area (Å²) in [6, 6.07) is 0. The third kappa shape index (κ3) is 8.27. The summed E-state index contributed by atoms with van der Waals surface area (Å²) in [5.74, 6) is -0.0184. The Morgan fingerprint density at radius 3 is 2.60 bits per heavy atom. The monoisotopic (exact) mass is 354 g/mol. The molecular formula is C20H34O5. The Hall–Kier alpha value is -1.01. The second-order valence-electron chi connectivity index (χ2n) is 7.84. The molecule has 1 rings (SSSR count). The minimum Gasteiger partial charge on any atom is -0.392 e.